The van der Waals surface area contributed by atoms with E-state index in [1.54, 1.807) is 0 Å². The zero-order valence-corrected chi connectivity index (χ0v) is 15.1. The number of esters is 1. The molecule has 0 aromatic heterocycles. The van der Waals surface area contributed by atoms with Gasteiger partial charge in [0, 0.05) is 12.1 Å². The van der Waals surface area contributed by atoms with Crippen LogP contribution in [0, 0.1) is 0 Å². The summed E-state index contributed by atoms with van der Waals surface area (Å²) in [7, 11) is 0. The summed E-state index contributed by atoms with van der Waals surface area (Å²) in [6, 6.07) is 4.13. The second-order valence-corrected chi connectivity index (χ2v) is 6.63. The van der Waals surface area contributed by atoms with Gasteiger partial charge in [-0.2, -0.15) is 0 Å². The second-order valence-electron chi connectivity index (χ2n) is 6.63. The average molecular weight is 358 g/mol. The lowest BCUT2D eigenvalue weighted by Gasteiger charge is -2.24. The lowest BCUT2D eigenvalue weighted by Crippen LogP contribution is -2.44. The number of hydrogen-bond acceptors (Lipinski definition) is 5. The smallest absolute Gasteiger partial charge is 0.338 e. The van der Waals surface area contributed by atoms with Crippen LogP contribution in [0.4, 0.5) is 0 Å². The SMILES string of the molecule is C=CCN1C(=O)c2ccc(C(=O)OCC(=O)NC(C)(C)CC)cc2C1=O. The third-order valence-corrected chi connectivity index (χ3v) is 4.21. The van der Waals surface area contributed by atoms with Crippen molar-refractivity contribution in [3.8, 4) is 0 Å². The molecule has 2 rings (SSSR count). The summed E-state index contributed by atoms with van der Waals surface area (Å²) in [4.78, 5) is 49.5. The highest BCUT2D eigenvalue weighted by Crippen LogP contribution is 2.24. The van der Waals surface area contributed by atoms with Crippen LogP contribution in [-0.4, -0.2) is 47.3 Å². The van der Waals surface area contributed by atoms with Crippen molar-refractivity contribution in [2.45, 2.75) is 32.7 Å². The van der Waals surface area contributed by atoms with Crippen molar-refractivity contribution < 1.29 is 23.9 Å². The number of nitrogens with zero attached hydrogens (tertiary/aromatic N) is 1. The summed E-state index contributed by atoms with van der Waals surface area (Å²) in [6.45, 7) is 8.86. The fourth-order valence-corrected chi connectivity index (χ4v) is 2.43. The largest absolute Gasteiger partial charge is 0.452 e. The normalized spacial score (nSPS) is 13.4. The van der Waals surface area contributed by atoms with Crippen LogP contribution in [0.5, 0.6) is 0 Å². The fraction of sp³-hybridized carbons (Fsp3) is 0.368. The Morgan fingerprint density at radius 1 is 1.23 bits per heavy atom. The number of benzene rings is 1. The van der Waals surface area contributed by atoms with Gasteiger partial charge in [0.2, 0.25) is 0 Å². The van der Waals surface area contributed by atoms with E-state index in [1.807, 2.05) is 20.8 Å². The Balaban J connectivity index is 2.06. The predicted octanol–water partition coefficient (Wildman–Crippen LogP) is 1.93. The second kappa shape index (κ2) is 7.51. The molecule has 138 valence electrons. The molecule has 1 aliphatic heterocycles. The summed E-state index contributed by atoms with van der Waals surface area (Å²) in [6.07, 6.45) is 2.18. The molecular weight excluding hydrogens is 336 g/mol. The maximum atomic E-state index is 12.3. The van der Waals surface area contributed by atoms with Gasteiger partial charge < -0.3 is 10.1 Å². The molecule has 26 heavy (non-hydrogen) atoms. The van der Waals surface area contributed by atoms with Gasteiger partial charge in [-0.25, -0.2) is 4.79 Å². The molecule has 0 radical (unpaired) electrons. The third kappa shape index (κ3) is 3.99. The Morgan fingerprint density at radius 2 is 1.88 bits per heavy atom. The lowest BCUT2D eigenvalue weighted by atomic mass is 10.0. The van der Waals surface area contributed by atoms with Gasteiger partial charge in [-0.05, 0) is 38.5 Å². The van der Waals surface area contributed by atoms with Crippen molar-refractivity contribution >= 4 is 23.7 Å². The first-order valence-electron chi connectivity index (χ1n) is 8.29. The number of imide groups is 1. The number of amides is 3. The molecule has 0 saturated carbocycles. The zero-order valence-electron chi connectivity index (χ0n) is 15.1. The molecule has 1 N–H and O–H groups in total. The average Bonchev–Trinajstić information content (AvgIpc) is 2.84. The van der Waals surface area contributed by atoms with Crippen LogP contribution in [0.2, 0.25) is 0 Å². The fourth-order valence-electron chi connectivity index (χ4n) is 2.43. The third-order valence-electron chi connectivity index (χ3n) is 4.21. The van der Waals surface area contributed by atoms with Gasteiger partial charge in [-0.1, -0.05) is 13.0 Å². The van der Waals surface area contributed by atoms with Gasteiger partial charge in [0.15, 0.2) is 6.61 Å². The monoisotopic (exact) mass is 358 g/mol. The lowest BCUT2D eigenvalue weighted by molar-refractivity contribution is -0.125. The Labute approximate surface area is 152 Å². The maximum Gasteiger partial charge on any atom is 0.338 e. The van der Waals surface area contributed by atoms with Crippen LogP contribution in [-0.2, 0) is 9.53 Å². The number of carbonyl (C=O) groups excluding carboxylic acids is 4. The van der Waals surface area contributed by atoms with E-state index in [0.29, 0.717) is 0 Å². The van der Waals surface area contributed by atoms with Crippen molar-refractivity contribution in [2.24, 2.45) is 0 Å². The first-order valence-corrected chi connectivity index (χ1v) is 8.29. The number of hydrogen-bond donors (Lipinski definition) is 1. The summed E-state index contributed by atoms with van der Waals surface area (Å²) >= 11 is 0. The molecule has 1 heterocycles. The summed E-state index contributed by atoms with van der Waals surface area (Å²) < 4.78 is 5.00. The van der Waals surface area contributed by atoms with Crippen LogP contribution in [0.25, 0.3) is 0 Å². The van der Waals surface area contributed by atoms with Crippen LogP contribution in [0.15, 0.2) is 30.9 Å². The Kier molecular flexibility index (Phi) is 5.59. The van der Waals surface area contributed by atoms with Gasteiger partial charge in [-0.3, -0.25) is 19.3 Å². The van der Waals surface area contributed by atoms with E-state index in [4.69, 9.17) is 4.74 Å². The van der Waals surface area contributed by atoms with Crippen molar-refractivity contribution in [2.75, 3.05) is 13.2 Å². The summed E-state index contributed by atoms with van der Waals surface area (Å²) in [5.41, 5.74) is 0.0879. The van der Waals surface area contributed by atoms with Crippen LogP contribution in [0.3, 0.4) is 0 Å². The van der Waals surface area contributed by atoms with Gasteiger partial charge in [-0.15, -0.1) is 6.58 Å². The molecular formula is C19H22N2O5. The van der Waals surface area contributed by atoms with Crippen molar-refractivity contribution in [1.29, 1.82) is 0 Å². The predicted molar refractivity (Wildman–Crippen MR) is 94.8 cm³/mol. The van der Waals surface area contributed by atoms with Crippen LogP contribution in [0.1, 0.15) is 58.3 Å². The topological polar surface area (TPSA) is 92.8 Å². The molecule has 1 aromatic carbocycles. The highest BCUT2D eigenvalue weighted by molar-refractivity contribution is 6.22. The van der Waals surface area contributed by atoms with Gasteiger partial charge in [0.05, 0.1) is 16.7 Å². The summed E-state index contributed by atoms with van der Waals surface area (Å²) in [5.74, 6) is -2.05. The molecule has 1 aromatic rings. The number of ether oxygens (including phenoxy) is 1. The van der Waals surface area contributed by atoms with Crippen molar-refractivity contribution in [1.82, 2.24) is 10.2 Å². The molecule has 0 saturated heterocycles. The van der Waals surface area contributed by atoms with Crippen LogP contribution >= 0.6 is 0 Å². The van der Waals surface area contributed by atoms with Crippen LogP contribution < -0.4 is 5.32 Å². The van der Waals surface area contributed by atoms with Crippen molar-refractivity contribution in [3.05, 3.63) is 47.5 Å². The van der Waals surface area contributed by atoms with E-state index in [-0.39, 0.29) is 23.2 Å². The Bertz CT molecular complexity index is 782. The quantitative estimate of drug-likeness (QED) is 0.457. The first-order chi connectivity index (χ1) is 12.2. The molecule has 3 amide bonds. The van der Waals surface area contributed by atoms with E-state index < -0.39 is 35.8 Å². The molecule has 0 unspecified atom stereocenters. The summed E-state index contributed by atoms with van der Waals surface area (Å²) in [5, 5.41) is 2.76. The first kappa shape index (κ1) is 19.4. The maximum absolute atomic E-state index is 12.3. The van der Waals surface area contributed by atoms with Crippen molar-refractivity contribution in [3.63, 3.8) is 0 Å². The molecule has 0 aliphatic carbocycles. The number of rotatable bonds is 7. The van der Waals surface area contributed by atoms with Gasteiger partial charge in [0.1, 0.15) is 0 Å². The minimum atomic E-state index is -0.736. The zero-order chi connectivity index (χ0) is 19.5. The molecule has 0 spiro atoms. The number of nitrogens with one attached hydrogen (secondary N) is 1. The highest BCUT2D eigenvalue weighted by Gasteiger charge is 2.35. The van der Waals surface area contributed by atoms with E-state index in [2.05, 4.69) is 11.9 Å². The van der Waals surface area contributed by atoms with Gasteiger partial charge in [0.25, 0.3) is 17.7 Å². The highest BCUT2D eigenvalue weighted by atomic mass is 16.5. The molecule has 7 nitrogen and oxygen atoms in total. The molecule has 7 heteroatoms. The van der Waals surface area contributed by atoms with E-state index in [0.717, 1.165) is 11.3 Å². The standard InChI is InChI=1S/C19H22N2O5/c1-5-9-21-16(23)13-8-7-12(10-14(13)17(21)24)18(25)26-11-15(22)20-19(3,4)6-2/h5,7-8,10H,1,6,9,11H2,2-4H3,(H,20,22). The number of fused-ring (bicyclic) bond motifs is 1. The minimum Gasteiger partial charge on any atom is -0.452 e. The molecule has 0 fully saturated rings. The molecule has 1 aliphatic rings. The molecule has 0 atom stereocenters. The minimum absolute atomic E-state index is 0.0967. The van der Waals surface area contributed by atoms with E-state index in [1.165, 1.54) is 24.3 Å². The number of carbonyl (C=O) groups is 4. The Morgan fingerprint density at radius 3 is 2.50 bits per heavy atom. The molecule has 0 bridgehead atoms. The van der Waals surface area contributed by atoms with Gasteiger partial charge >= 0.3 is 5.97 Å². The van der Waals surface area contributed by atoms with E-state index >= 15 is 0 Å². The Hall–Kier alpha value is -2.96. The van der Waals surface area contributed by atoms with E-state index in [9.17, 15) is 19.2 Å².